The number of hydrogen-bond donors (Lipinski definition) is 3. The van der Waals surface area contributed by atoms with E-state index in [-0.39, 0.29) is 23.0 Å². The first kappa shape index (κ1) is 17.7. The summed E-state index contributed by atoms with van der Waals surface area (Å²) < 4.78 is 26.6. The minimum absolute atomic E-state index is 0.168. The van der Waals surface area contributed by atoms with Crippen molar-refractivity contribution >= 4 is 21.7 Å². The average molecular weight is 339 g/mol. The van der Waals surface area contributed by atoms with Crippen LogP contribution in [-0.4, -0.2) is 26.5 Å². The zero-order chi connectivity index (χ0) is 16.9. The van der Waals surface area contributed by atoms with E-state index in [4.69, 9.17) is 0 Å². The number of nitrogens with one attached hydrogen (secondary N) is 3. The molecular weight excluding hydrogens is 314 g/mol. The molecule has 0 aliphatic heterocycles. The van der Waals surface area contributed by atoms with E-state index >= 15 is 0 Å². The zero-order valence-corrected chi connectivity index (χ0v) is 14.4. The molecule has 1 aliphatic carbocycles. The number of anilines is 1. The summed E-state index contributed by atoms with van der Waals surface area (Å²) >= 11 is 0. The van der Waals surface area contributed by atoms with Gasteiger partial charge in [0.25, 0.3) is 0 Å². The van der Waals surface area contributed by atoms with E-state index in [1.165, 1.54) is 18.6 Å². The molecule has 0 radical (unpaired) electrons. The SMILES string of the molecule is CC(C)NS(=O)(=O)c1ccc(NC(=O)NC2CCCCC2)cc1. The highest BCUT2D eigenvalue weighted by atomic mass is 32.2. The van der Waals surface area contributed by atoms with Gasteiger partial charge in [0.15, 0.2) is 0 Å². The summed E-state index contributed by atoms with van der Waals surface area (Å²) in [4.78, 5) is 12.1. The summed E-state index contributed by atoms with van der Waals surface area (Å²) in [6.45, 7) is 3.53. The van der Waals surface area contributed by atoms with Gasteiger partial charge in [-0.3, -0.25) is 0 Å². The Bertz CT molecular complexity index is 620. The van der Waals surface area contributed by atoms with E-state index in [0.717, 1.165) is 25.7 Å². The van der Waals surface area contributed by atoms with E-state index in [1.807, 2.05) is 0 Å². The number of benzene rings is 1. The van der Waals surface area contributed by atoms with Gasteiger partial charge in [-0.2, -0.15) is 0 Å². The van der Waals surface area contributed by atoms with Crippen LogP contribution < -0.4 is 15.4 Å². The number of rotatable bonds is 5. The number of amides is 2. The van der Waals surface area contributed by atoms with E-state index in [9.17, 15) is 13.2 Å². The Hall–Kier alpha value is -1.60. The number of urea groups is 1. The quantitative estimate of drug-likeness (QED) is 0.771. The summed E-state index contributed by atoms with van der Waals surface area (Å²) in [6.07, 6.45) is 5.58. The second-order valence-corrected chi connectivity index (χ2v) is 7.95. The molecule has 1 saturated carbocycles. The molecule has 23 heavy (non-hydrogen) atoms. The molecule has 2 rings (SSSR count). The fourth-order valence-corrected chi connectivity index (χ4v) is 3.95. The first-order valence-corrected chi connectivity index (χ1v) is 9.55. The van der Waals surface area contributed by atoms with Gasteiger partial charge in [-0.1, -0.05) is 19.3 Å². The molecule has 1 aromatic carbocycles. The second kappa shape index (κ2) is 7.79. The van der Waals surface area contributed by atoms with Crippen molar-refractivity contribution in [3.8, 4) is 0 Å². The van der Waals surface area contributed by atoms with Gasteiger partial charge < -0.3 is 10.6 Å². The maximum absolute atomic E-state index is 12.0. The van der Waals surface area contributed by atoms with Crippen LogP contribution in [0.1, 0.15) is 46.0 Å². The standard InChI is InChI=1S/C16H25N3O3S/c1-12(2)19-23(21,22)15-10-8-14(9-11-15)18-16(20)17-13-6-4-3-5-7-13/h8-13,19H,3-7H2,1-2H3,(H2,17,18,20). The highest BCUT2D eigenvalue weighted by Gasteiger charge is 2.17. The first-order valence-electron chi connectivity index (χ1n) is 8.07. The van der Waals surface area contributed by atoms with E-state index in [0.29, 0.717) is 5.69 Å². The Morgan fingerprint density at radius 2 is 1.70 bits per heavy atom. The minimum atomic E-state index is -3.51. The molecule has 0 spiro atoms. The third kappa shape index (κ3) is 5.51. The Balaban J connectivity index is 1.93. The molecule has 7 heteroatoms. The molecule has 3 N–H and O–H groups in total. The zero-order valence-electron chi connectivity index (χ0n) is 13.6. The van der Waals surface area contributed by atoms with Crippen LogP contribution in [0.5, 0.6) is 0 Å². The van der Waals surface area contributed by atoms with Crippen LogP contribution in [0.2, 0.25) is 0 Å². The van der Waals surface area contributed by atoms with Gasteiger partial charge >= 0.3 is 6.03 Å². The first-order chi connectivity index (χ1) is 10.9. The van der Waals surface area contributed by atoms with Crippen LogP contribution in [0, 0.1) is 0 Å². The van der Waals surface area contributed by atoms with Crippen LogP contribution >= 0.6 is 0 Å². The van der Waals surface area contributed by atoms with Gasteiger partial charge in [-0.15, -0.1) is 0 Å². The van der Waals surface area contributed by atoms with Gasteiger partial charge in [-0.25, -0.2) is 17.9 Å². The molecule has 6 nitrogen and oxygen atoms in total. The monoisotopic (exact) mass is 339 g/mol. The normalized spacial score (nSPS) is 16.3. The van der Waals surface area contributed by atoms with E-state index in [1.54, 1.807) is 26.0 Å². The molecule has 128 valence electrons. The second-order valence-electron chi connectivity index (χ2n) is 6.23. The predicted octanol–water partition coefficient (Wildman–Crippen LogP) is 2.83. The third-order valence-corrected chi connectivity index (χ3v) is 5.43. The van der Waals surface area contributed by atoms with Crippen LogP contribution in [0.15, 0.2) is 29.2 Å². The summed E-state index contributed by atoms with van der Waals surface area (Å²) in [5, 5.41) is 5.70. The molecular formula is C16H25N3O3S. The smallest absolute Gasteiger partial charge is 0.319 e. The average Bonchev–Trinajstić information content (AvgIpc) is 2.47. The minimum Gasteiger partial charge on any atom is -0.335 e. The van der Waals surface area contributed by atoms with Crippen LogP contribution in [0.3, 0.4) is 0 Å². The van der Waals surface area contributed by atoms with Crippen molar-refractivity contribution < 1.29 is 13.2 Å². The summed E-state index contributed by atoms with van der Waals surface area (Å²) in [7, 11) is -3.51. The van der Waals surface area contributed by atoms with Crippen molar-refractivity contribution in [2.24, 2.45) is 0 Å². The van der Waals surface area contributed by atoms with Crippen molar-refractivity contribution in [2.45, 2.75) is 62.9 Å². The van der Waals surface area contributed by atoms with E-state index < -0.39 is 10.0 Å². The van der Waals surface area contributed by atoms with Crippen molar-refractivity contribution in [1.29, 1.82) is 0 Å². The van der Waals surface area contributed by atoms with Crippen molar-refractivity contribution in [1.82, 2.24) is 10.0 Å². The summed E-state index contributed by atoms with van der Waals surface area (Å²) in [6, 6.07) is 5.98. The lowest BCUT2D eigenvalue weighted by molar-refractivity contribution is 0.244. The molecule has 0 saturated heterocycles. The predicted molar refractivity (Wildman–Crippen MR) is 90.9 cm³/mol. The van der Waals surface area contributed by atoms with Crippen molar-refractivity contribution in [3.63, 3.8) is 0 Å². The van der Waals surface area contributed by atoms with Crippen molar-refractivity contribution in [2.75, 3.05) is 5.32 Å². The molecule has 0 heterocycles. The largest absolute Gasteiger partial charge is 0.335 e. The lowest BCUT2D eigenvalue weighted by atomic mass is 9.96. The lowest BCUT2D eigenvalue weighted by Crippen LogP contribution is -2.39. The lowest BCUT2D eigenvalue weighted by Gasteiger charge is -2.22. The number of carbonyl (C=O) groups excluding carboxylic acids is 1. The molecule has 0 aromatic heterocycles. The van der Waals surface area contributed by atoms with Crippen LogP contribution in [0.25, 0.3) is 0 Å². The Kier molecular flexibility index (Phi) is 6.01. The topological polar surface area (TPSA) is 87.3 Å². The van der Waals surface area contributed by atoms with Gasteiger partial charge in [-0.05, 0) is 51.0 Å². The van der Waals surface area contributed by atoms with Gasteiger partial charge in [0.2, 0.25) is 10.0 Å². The molecule has 2 amide bonds. The maximum Gasteiger partial charge on any atom is 0.319 e. The van der Waals surface area contributed by atoms with Gasteiger partial charge in [0.05, 0.1) is 4.90 Å². The van der Waals surface area contributed by atoms with Crippen LogP contribution in [-0.2, 0) is 10.0 Å². The van der Waals surface area contributed by atoms with Crippen LogP contribution in [0.4, 0.5) is 10.5 Å². The van der Waals surface area contributed by atoms with Crippen molar-refractivity contribution in [3.05, 3.63) is 24.3 Å². The number of sulfonamides is 1. The highest BCUT2D eigenvalue weighted by molar-refractivity contribution is 7.89. The molecule has 1 fully saturated rings. The third-order valence-electron chi connectivity index (χ3n) is 3.75. The molecule has 0 atom stereocenters. The fraction of sp³-hybridized carbons (Fsp3) is 0.562. The highest BCUT2D eigenvalue weighted by Crippen LogP contribution is 2.18. The molecule has 0 bridgehead atoms. The Morgan fingerprint density at radius 3 is 2.26 bits per heavy atom. The summed E-state index contributed by atoms with van der Waals surface area (Å²) in [5.41, 5.74) is 0.571. The molecule has 1 aromatic rings. The Morgan fingerprint density at radius 1 is 1.09 bits per heavy atom. The summed E-state index contributed by atoms with van der Waals surface area (Å²) in [5.74, 6) is 0. The molecule has 1 aliphatic rings. The molecule has 0 unspecified atom stereocenters. The fourth-order valence-electron chi connectivity index (χ4n) is 2.70. The van der Waals surface area contributed by atoms with Gasteiger partial charge in [0, 0.05) is 17.8 Å². The number of hydrogen-bond acceptors (Lipinski definition) is 3. The van der Waals surface area contributed by atoms with Gasteiger partial charge in [0.1, 0.15) is 0 Å². The number of carbonyl (C=O) groups is 1. The van der Waals surface area contributed by atoms with E-state index in [2.05, 4.69) is 15.4 Å². The maximum atomic E-state index is 12.0. The Labute approximate surface area is 138 Å².